The van der Waals surface area contributed by atoms with Crippen molar-refractivity contribution >= 4 is 11.8 Å². The quantitative estimate of drug-likeness (QED) is 0.522. The Morgan fingerprint density at radius 2 is 2.58 bits per heavy atom. The minimum Gasteiger partial charge on any atom is -0.372 e. The predicted molar refractivity (Wildman–Crippen MR) is 48.4 cm³/mol. The normalized spacial score (nSPS) is 21.3. The van der Waals surface area contributed by atoms with Crippen LogP contribution in [-0.4, -0.2) is 28.2 Å². The molecule has 0 saturated carbocycles. The summed E-state index contributed by atoms with van der Waals surface area (Å²) < 4.78 is 7.05. The van der Waals surface area contributed by atoms with Crippen molar-refractivity contribution in [3.8, 4) is 0 Å². The van der Waals surface area contributed by atoms with Gasteiger partial charge in [0.05, 0.1) is 23.4 Å². The number of aryl methyl sites for hydroxylation is 2. The van der Waals surface area contributed by atoms with Crippen LogP contribution < -0.4 is 0 Å². The average Bonchev–Trinajstić information content (AvgIpc) is 2.76. The summed E-state index contributed by atoms with van der Waals surface area (Å²) in [5.41, 5.74) is 1.08. The van der Waals surface area contributed by atoms with Crippen molar-refractivity contribution in [1.29, 1.82) is 0 Å². The SMILES string of the molecule is Cc1cc(SCC2CO2)n(C)n1. The van der Waals surface area contributed by atoms with Crippen LogP contribution in [0.2, 0.25) is 0 Å². The standard InChI is InChI=1S/C8H12N2OS/c1-6-3-8(10(2)9-6)12-5-7-4-11-7/h3,7H,4-5H2,1-2H3. The largest absolute Gasteiger partial charge is 0.372 e. The van der Waals surface area contributed by atoms with Crippen LogP contribution in [0.15, 0.2) is 11.1 Å². The van der Waals surface area contributed by atoms with E-state index in [1.54, 1.807) is 0 Å². The van der Waals surface area contributed by atoms with E-state index in [-0.39, 0.29) is 0 Å². The van der Waals surface area contributed by atoms with Crippen LogP contribution in [-0.2, 0) is 11.8 Å². The average molecular weight is 184 g/mol. The number of ether oxygens (including phenoxy) is 1. The summed E-state index contributed by atoms with van der Waals surface area (Å²) in [6.07, 6.45) is 0.491. The number of epoxide rings is 1. The zero-order valence-corrected chi connectivity index (χ0v) is 8.10. The van der Waals surface area contributed by atoms with Gasteiger partial charge in [-0.25, -0.2) is 0 Å². The molecule has 0 aromatic carbocycles. The Balaban J connectivity index is 1.96. The molecule has 1 aliphatic heterocycles. The third-order valence-electron chi connectivity index (χ3n) is 1.78. The lowest BCUT2D eigenvalue weighted by atomic mass is 10.5. The summed E-state index contributed by atoms with van der Waals surface area (Å²) in [4.78, 5) is 0. The molecule has 1 aromatic rings. The number of hydrogen-bond donors (Lipinski definition) is 0. The van der Waals surface area contributed by atoms with E-state index in [0.29, 0.717) is 6.10 Å². The lowest BCUT2D eigenvalue weighted by Crippen LogP contribution is -1.95. The van der Waals surface area contributed by atoms with E-state index >= 15 is 0 Å². The molecule has 2 rings (SSSR count). The molecule has 1 fully saturated rings. The molecular formula is C8H12N2OS. The highest BCUT2D eigenvalue weighted by atomic mass is 32.2. The topological polar surface area (TPSA) is 30.4 Å². The summed E-state index contributed by atoms with van der Waals surface area (Å²) in [7, 11) is 1.98. The fourth-order valence-electron chi connectivity index (χ4n) is 1.06. The van der Waals surface area contributed by atoms with Gasteiger partial charge in [-0.1, -0.05) is 0 Å². The Morgan fingerprint density at radius 3 is 3.08 bits per heavy atom. The van der Waals surface area contributed by atoms with Crippen molar-refractivity contribution in [2.24, 2.45) is 7.05 Å². The van der Waals surface area contributed by atoms with Gasteiger partial charge in [0.2, 0.25) is 0 Å². The zero-order chi connectivity index (χ0) is 8.55. The Labute approximate surface area is 76.1 Å². The van der Waals surface area contributed by atoms with E-state index in [2.05, 4.69) is 11.2 Å². The van der Waals surface area contributed by atoms with Gasteiger partial charge in [-0.05, 0) is 13.0 Å². The molecule has 0 spiro atoms. The summed E-state index contributed by atoms with van der Waals surface area (Å²) in [6, 6.07) is 2.10. The molecule has 1 atom stereocenters. The van der Waals surface area contributed by atoms with Crippen LogP contribution in [0, 0.1) is 6.92 Å². The molecule has 1 aliphatic rings. The van der Waals surface area contributed by atoms with Crippen LogP contribution in [0.4, 0.5) is 0 Å². The minimum absolute atomic E-state index is 0.491. The molecule has 0 aliphatic carbocycles. The van der Waals surface area contributed by atoms with Crippen molar-refractivity contribution in [3.63, 3.8) is 0 Å². The first-order chi connectivity index (χ1) is 5.75. The van der Waals surface area contributed by atoms with Crippen LogP contribution in [0.1, 0.15) is 5.69 Å². The van der Waals surface area contributed by atoms with Gasteiger partial charge >= 0.3 is 0 Å². The highest BCUT2D eigenvalue weighted by molar-refractivity contribution is 7.99. The Hall–Kier alpha value is -0.480. The molecule has 0 bridgehead atoms. The molecule has 4 heteroatoms. The van der Waals surface area contributed by atoms with Crippen molar-refractivity contribution < 1.29 is 4.74 Å². The molecule has 1 unspecified atom stereocenters. The Morgan fingerprint density at radius 1 is 1.83 bits per heavy atom. The fraction of sp³-hybridized carbons (Fsp3) is 0.625. The molecule has 3 nitrogen and oxygen atoms in total. The summed E-state index contributed by atoms with van der Waals surface area (Å²) in [6.45, 7) is 2.95. The number of aromatic nitrogens is 2. The summed E-state index contributed by atoms with van der Waals surface area (Å²) >= 11 is 1.81. The number of rotatable bonds is 3. The van der Waals surface area contributed by atoms with Gasteiger partial charge in [-0.3, -0.25) is 4.68 Å². The van der Waals surface area contributed by atoms with Crippen molar-refractivity contribution in [2.45, 2.75) is 18.1 Å². The Bertz CT molecular complexity index is 281. The van der Waals surface area contributed by atoms with Crippen molar-refractivity contribution in [2.75, 3.05) is 12.4 Å². The second kappa shape index (κ2) is 3.11. The van der Waals surface area contributed by atoms with Crippen LogP contribution in [0.25, 0.3) is 0 Å². The lowest BCUT2D eigenvalue weighted by molar-refractivity contribution is 0.426. The number of nitrogens with zero attached hydrogens (tertiary/aromatic N) is 2. The van der Waals surface area contributed by atoms with Gasteiger partial charge in [0.25, 0.3) is 0 Å². The van der Waals surface area contributed by atoms with Crippen molar-refractivity contribution in [3.05, 3.63) is 11.8 Å². The van der Waals surface area contributed by atoms with Crippen molar-refractivity contribution in [1.82, 2.24) is 9.78 Å². The molecule has 66 valence electrons. The Kier molecular flexibility index (Phi) is 2.11. The maximum atomic E-state index is 5.13. The zero-order valence-electron chi connectivity index (χ0n) is 7.28. The molecule has 1 saturated heterocycles. The predicted octanol–water partition coefficient (Wildman–Crippen LogP) is 1.22. The maximum absolute atomic E-state index is 5.13. The van der Waals surface area contributed by atoms with Gasteiger partial charge < -0.3 is 4.74 Å². The van der Waals surface area contributed by atoms with E-state index in [1.165, 1.54) is 5.03 Å². The first-order valence-corrected chi connectivity index (χ1v) is 4.99. The first kappa shape index (κ1) is 8.13. The van der Waals surface area contributed by atoms with Crippen LogP contribution >= 0.6 is 11.8 Å². The van der Waals surface area contributed by atoms with E-state index in [0.717, 1.165) is 18.1 Å². The highest BCUT2D eigenvalue weighted by Crippen LogP contribution is 2.23. The van der Waals surface area contributed by atoms with Gasteiger partial charge in [0, 0.05) is 12.8 Å². The van der Waals surface area contributed by atoms with Gasteiger partial charge in [-0.15, -0.1) is 11.8 Å². The third kappa shape index (κ3) is 1.81. The molecule has 12 heavy (non-hydrogen) atoms. The third-order valence-corrected chi connectivity index (χ3v) is 2.99. The fourth-order valence-corrected chi connectivity index (χ4v) is 2.10. The lowest BCUT2D eigenvalue weighted by Gasteiger charge is -1.97. The summed E-state index contributed by atoms with van der Waals surface area (Å²) in [5.74, 6) is 1.05. The minimum atomic E-state index is 0.491. The van der Waals surface area contributed by atoms with Crippen LogP contribution in [0.3, 0.4) is 0 Å². The second-order valence-electron chi connectivity index (χ2n) is 3.01. The van der Waals surface area contributed by atoms with Crippen LogP contribution in [0.5, 0.6) is 0 Å². The monoisotopic (exact) mass is 184 g/mol. The maximum Gasteiger partial charge on any atom is 0.0940 e. The first-order valence-electron chi connectivity index (χ1n) is 4.01. The van der Waals surface area contributed by atoms with E-state index in [4.69, 9.17) is 4.74 Å². The van der Waals surface area contributed by atoms with Gasteiger partial charge in [0.1, 0.15) is 0 Å². The van der Waals surface area contributed by atoms with E-state index in [9.17, 15) is 0 Å². The molecule has 0 amide bonds. The molecule has 0 radical (unpaired) electrons. The smallest absolute Gasteiger partial charge is 0.0940 e. The molecular weight excluding hydrogens is 172 g/mol. The molecule has 2 heterocycles. The number of thioether (sulfide) groups is 1. The van der Waals surface area contributed by atoms with E-state index in [1.807, 2.05) is 30.4 Å². The second-order valence-corrected chi connectivity index (χ2v) is 4.05. The number of hydrogen-bond acceptors (Lipinski definition) is 3. The van der Waals surface area contributed by atoms with Gasteiger partial charge in [0.15, 0.2) is 0 Å². The molecule has 1 aromatic heterocycles. The molecule has 0 N–H and O–H groups in total. The van der Waals surface area contributed by atoms with Gasteiger partial charge in [-0.2, -0.15) is 5.10 Å². The van der Waals surface area contributed by atoms with E-state index < -0.39 is 0 Å². The highest BCUT2D eigenvalue weighted by Gasteiger charge is 2.22. The summed E-state index contributed by atoms with van der Waals surface area (Å²) in [5, 5.41) is 5.49.